The molecule has 13 atom stereocenters. The first-order chi connectivity index (χ1) is 28.8. The van der Waals surface area contributed by atoms with E-state index in [4.69, 9.17) is 58.5 Å². The van der Waals surface area contributed by atoms with Crippen molar-refractivity contribution in [2.75, 3.05) is 13.2 Å². The zero-order valence-corrected chi connectivity index (χ0v) is 37.6. The zero-order chi connectivity index (χ0) is 45.9. The van der Waals surface area contributed by atoms with Crippen LogP contribution in [0.2, 0.25) is 0 Å². The highest BCUT2D eigenvalue weighted by atomic mass is 35.6. The molecule has 17 heteroatoms. The normalized spacial score (nSPS) is 33.4. The molecule has 1 heterocycles. The second kappa shape index (κ2) is 17.4. The second-order valence-corrected chi connectivity index (χ2v) is 20.4. The van der Waals surface area contributed by atoms with E-state index in [9.17, 15) is 39.6 Å². The maximum atomic E-state index is 15.4. The number of hydrogen-bond acceptors (Lipinski definition) is 14. The number of ether oxygens (including phenoxy) is 5. The summed E-state index contributed by atoms with van der Waals surface area (Å²) in [4.78, 5) is 69.4. The van der Waals surface area contributed by atoms with Crippen LogP contribution in [0.3, 0.4) is 0 Å². The minimum Gasteiger partial charge on any atom is -0.456 e. The van der Waals surface area contributed by atoms with Gasteiger partial charge in [-0.3, -0.25) is 14.4 Å². The average Bonchev–Trinajstić information content (AvgIpc) is 3.21. The van der Waals surface area contributed by atoms with Crippen molar-refractivity contribution in [1.29, 1.82) is 0 Å². The van der Waals surface area contributed by atoms with Gasteiger partial charge in [0, 0.05) is 48.5 Å². The minimum atomic E-state index is -2.39. The van der Waals surface area contributed by atoms with Crippen LogP contribution in [-0.4, -0.2) is 115 Å². The van der Waals surface area contributed by atoms with Crippen LogP contribution in [0, 0.1) is 28.6 Å². The lowest BCUT2D eigenvalue weighted by Crippen LogP contribution is -2.81. The number of esters is 2. The lowest BCUT2D eigenvalue weighted by atomic mass is 9.45. The van der Waals surface area contributed by atoms with Crippen molar-refractivity contribution in [1.82, 2.24) is 0 Å². The maximum Gasteiger partial charge on any atom is 0.508 e. The van der Waals surface area contributed by atoms with Crippen LogP contribution in [-0.2, 0) is 38.1 Å². The molecule has 3 aliphatic carbocycles. The number of ketones is 2. The summed E-state index contributed by atoms with van der Waals surface area (Å²) in [5.41, 5.74) is -6.99. The Kier molecular flexibility index (Phi) is 13.4. The van der Waals surface area contributed by atoms with Crippen LogP contribution in [0.25, 0.3) is 0 Å². The third-order valence-corrected chi connectivity index (χ3v) is 14.4. The van der Waals surface area contributed by atoms with Gasteiger partial charge in [-0.2, -0.15) is 0 Å². The molecule has 62 heavy (non-hydrogen) atoms. The van der Waals surface area contributed by atoms with Gasteiger partial charge in [0.15, 0.2) is 23.8 Å². The van der Waals surface area contributed by atoms with Gasteiger partial charge in [-0.1, -0.05) is 123 Å². The number of fused-ring (bicyclic) bond motifs is 5. The summed E-state index contributed by atoms with van der Waals surface area (Å²) in [6.45, 7) is 9.30. The van der Waals surface area contributed by atoms with Crippen LogP contribution >= 0.6 is 34.8 Å². The molecule has 2 bridgehead atoms. The van der Waals surface area contributed by atoms with E-state index < -0.39 is 130 Å². The molecular formula is C45H53Cl3O14. The quantitative estimate of drug-likeness (QED) is 0.0711. The molecule has 0 aromatic heterocycles. The summed E-state index contributed by atoms with van der Waals surface area (Å²) < 4.78 is 26.2. The van der Waals surface area contributed by atoms with E-state index in [1.165, 1.54) is 27.7 Å². The lowest BCUT2D eigenvalue weighted by molar-refractivity contribution is -0.344. The van der Waals surface area contributed by atoms with Crippen molar-refractivity contribution < 1.29 is 68.1 Å². The predicted molar refractivity (Wildman–Crippen MR) is 224 cm³/mol. The van der Waals surface area contributed by atoms with Crippen molar-refractivity contribution in [3.05, 3.63) is 82.9 Å². The Bertz CT molecular complexity index is 2090. The fourth-order valence-corrected chi connectivity index (χ4v) is 10.6. The molecule has 338 valence electrons. The maximum absolute atomic E-state index is 15.4. The molecule has 0 amide bonds. The highest BCUT2D eigenvalue weighted by Gasteiger charge is 2.76. The SMILES string of the molecule is CC(=O)OC1C(=O)C2(C)C(OC(=O)OCC(Cl)(Cl)Cl)CC3OCC3(O)C2C(O)C2(O)CC(OC(=O)C(O)C(c3ccccc3)C(C)C(C)C(=O)c3ccccc3)C(C)=C1C2(C)C. The number of aliphatic hydroxyl groups is 4. The van der Waals surface area contributed by atoms with E-state index in [-0.39, 0.29) is 23.4 Å². The van der Waals surface area contributed by atoms with Gasteiger partial charge in [-0.15, -0.1) is 0 Å². The first-order valence-corrected chi connectivity index (χ1v) is 21.5. The van der Waals surface area contributed by atoms with E-state index in [1.807, 2.05) is 0 Å². The number of carbonyl (C=O) groups excluding carboxylic acids is 5. The molecule has 3 fully saturated rings. The van der Waals surface area contributed by atoms with Crippen molar-refractivity contribution in [3.8, 4) is 0 Å². The molecule has 4 N–H and O–H groups in total. The highest BCUT2D eigenvalue weighted by molar-refractivity contribution is 6.67. The van der Waals surface area contributed by atoms with Crippen LogP contribution in [0.4, 0.5) is 4.79 Å². The second-order valence-electron chi connectivity index (χ2n) is 17.9. The smallest absolute Gasteiger partial charge is 0.456 e. The van der Waals surface area contributed by atoms with Gasteiger partial charge in [0.05, 0.1) is 24.2 Å². The van der Waals surface area contributed by atoms with Gasteiger partial charge in [0.1, 0.15) is 30.0 Å². The van der Waals surface area contributed by atoms with Crippen molar-refractivity contribution >= 4 is 64.5 Å². The Balaban J connectivity index is 1.42. The molecule has 0 spiro atoms. The van der Waals surface area contributed by atoms with E-state index in [0.29, 0.717) is 11.1 Å². The molecule has 0 radical (unpaired) electrons. The van der Waals surface area contributed by atoms with E-state index in [2.05, 4.69) is 0 Å². The van der Waals surface area contributed by atoms with E-state index in [1.54, 1.807) is 74.5 Å². The summed E-state index contributed by atoms with van der Waals surface area (Å²) in [5, 5.41) is 50.0. The molecule has 13 unspecified atom stereocenters. The Hall–Kier alpha value is -3.60. The summed E-state index contributed by atoms with van der Waals surface area (Å²) in [6.07, 6.45) is -12.0. The van der Waals surface area contributed by atoms with Gasteiger partial charge in [0.2, 0.25) is 3.79 Å². The minimum absolute atomic E-state index is 0.0241. The molecule has 2 saturated carbocycles. The van der Waals surface area contributed by atoms with Crippen LogP contribution in [0.1, 0.15) is 83.1 Å². The number of alkyl halides is 3. The summed E-state index contributed by atoms with van der Waals surface area (Å²) in [6, 6.07) is 17.3. The molecule has 1 aliphatic heterocycles. The fourth-order valence-electron chi connectivity index (χ4n) is 10.4. The van der Waals surface area contributed by atoms with Gasteiger partial charge in [0.25, 0.3) is 0 Å². The average molecular weight is 924 g/mol. The topological polar surface area (TPSA) is 212 Å². The Morgan fingerprint density at radius 3 is 2.08 bits per heavy atom. The number of hydrogen-bond donors (Lipinski definition) is 4. The Morgan fingerprint density at radius 1 is 0.935 bits per heavy atom. The van der Waals surface area contributed by atoms with Gasteiger partial charge >= 0.3 is 18.1 Å². The largest absolute Gasteiger partial charge is 0.508 e. The van der Waals surface area contributed by atoms with Crippen molar-refractivity contribution in [2.45, 2.75) is 119 Å². The number of carbonyl (C=O) groups is 5. The Morgan fingerprint density at radius 2 is 1.53 bits per heavy atom. The molecule has 2 aromatic rings. The van der Waals surface area contributed by atoms with Crippen molar-refractivity contribution in [3.63, 3.8) is 0 Å². The number of benzene rings is 2. The number of aliphatic hydroxyl groups excluding tert-OH is 2. The standard InChI is InChI=1S/C45H53Cl3O14/c1-22(23(2)33(50)27-16-12-9-13-17-27)31(26-14-10-8-11-15-26)34(51)39(54)61-28-19-44(57)38(53)36-42(7,37(52)35(60-25(4)49)32(24(28)3)41(44,5)6)29(18-30-43(36,56)20-58-30)62-40(55)59-21-45(46,47)48/h8-17,22-23,28-31,34-36,38,51,53,56-57H,18-21H2,1-7H3. The Labute approximate surface area is 374 Å². The number of rotatable bonds is 11. The van der Waals surface area contributed by atoms with E-state index >= 15 is 4.79 Å². The zero-order valence-electron chi connectivity index (χ0n) is 35.4. The van der Waals surface area contributed by atoms with Crippen LogP contribution in [0.15, 0.2) is 71.8 Å². The van der Waals surface area contributed by atoms with Crippen molar-refractivity contribution in [2.24, 2.45) is 28.6 Å². The van der Waals surface area contributed by atoms with Crippen LogP contribution < -0.4 is 0 Å². The fraction of sp³-hybridized carbons (Fsp3) is 0.578. The molecule has 6 rings (SSSR count). The highest BCUT2D eigenvalue weighted by Crippen LogP contribution is 2.63. The third-order valence-electron chi connectivity index (χ3n) is 14.1. The molecule has 2 aromatic carbocycles. The first-order valence-electron chi connectivity index (χ1n) is 20.4. The lowest BCUT2D eigenvalue weighted by Gasteiger charge is -2.66. The van der Waals surface area contributed by atoms with Gasteiger partial charge in [-0.25, -0.2) is 9.59 Å². The van der Waals surface area contributed by atoms with E-state index in [0.717, 1.165) is 6.92 Å². The van der Waals surface area contributed by atoms with Crippen LogP contribution in [0.5, 0.6) is 0 Å². The molecule has 1 saturated heterocycles. The monoisotopic (exact) mass is 922 g/mol. The summed E-state index contributed by atoms with van der Waals surface area (Å²) in [5.74, 6) is -7.11. The third kappa shape index (κ3) is 8.30. The molecule has 14 nitrogen and oxygen atoms in total. The molecule has 4 aliphatic rings. The van der Waals surface area contributed by atoms with Gasteiger partial charge < -0.3 is 44.1 Å². The number of halogens is 3. The first kappa shape index (κ1) is 47.9. The van der Waals surface area contributed by atoms with Gasteiger partial charge in [-0.05, 0) is 36.5 Å². The predicted octanol–water partition coefficient (Wildman–Crippen LogP) is 5.60. The summed E-state index contributed by atoms with van der Waals surface area (Å²) >= 11 is 17.3. The number of Topliss-reactive ketones (excluding diaryl/α,β-unsaturated/α-hetero) is 2. The molecular weight excluding hydrogens is 871 g/mol. The summed E-state index contributed by atoms with van der Waals surface area (Å²) in [7, 11) is 0.